The van der Waals surface area contributed by atoms with E-state index < -0.39 is 6.04 Å². The first-order chi connectivity index (χ1) is 11.2. The van der Waals surface area contributed by atoms with Crippen LogP contribution in [0.5, 0.6) is 0 Å². The Balaban J connectivity index is 1.74. The third-order valence-electron chi connectivity index (χ3n) is 4.11. The number of thiophene rings is 1. The highest BCUT2D eigenvalue weighted by Gasteiger charge is 2.27. The highest BCUT2D eigenvalue weighted by Crippen LogP contribution is 2.20. The second-order valence-electron chi connectivity index (χ2n) is 5.82. The van der Waals surface area contributed by atoms with E-state index in [2.05, 4.69) is 6.07 Å². The molecule has 1 amide bonds. The molecule has 0 saturated carbocycles. The molecule has 122 valence electrons. The van der Waals surface area contributed by atoms with Crippen molar-refractivity contribution in [3.63, 3.8) is 0 Å². The standard InChI is InChI=1S/C18H22N2O2S/c19-17(14-6-2-1-3-7-14)18(21)20(12-15-8-4-10-22-15)13-16-9-5-11-23-16/h1-3,5-7,9,11,15,17H,4,8,10,12-13,19H2. The normalized spacial score (nSPS) is 18.7. The summed E-state index contributed by atoms with van der Waals surface area (Å²) in [5.74, 6) is -0.0416. The lowest BCUT2D eigenvalue weighted by molar-refractivity contribution is -0.135. The monoisotopic (exact) mass is 330 g/mol. The molecular formula is C18H22N2O2S. The van der Waals surface area contributed by atoms with E-state index in [1.165, 1.54) is 0 Å². The van der Waals surface area contributed by atoms with Crippen molar-refractivity contribution in [2.75, 3.05) is 13.2 Å². The second-order valence-corrected chi connectivity index (χ2v) is 6.85. The fourth-order valence-electron chi connectivity index (χ4n) is 2.86. The minimum Gasteiger partial charge on any atom is -0.376 e. The molecule has 23 heavy (non-hydrogen) atoms. The average Bonchev–Trinajstić information content (AvgIpc) is 3.27. The Morgan fingerprint density at radius 3 is 2.78 bits per heavy atom. The predicted octanol–water partition coefficient (Wildman–Crippen LogP) is 2.96. The fraction of sp³-hybridized carbons (Fsp3) is 0.389. The maximum atomic E-state index is 12.9. The summed E-state index contributed by atoms with van der Waals surface area (Å²) in [5.41, 5.74) is 7.06. The van der Waals surface area contributed by atoms with Crippen molar-refractivity contribution >= 4 is 17.2 Å². The number of hydrogen-bond donors (Lipinski definition) is 1. The third-order valence-corrected chi connectivity index (χ3v) is 4.97. The van der Waals surface area contributed by atoms with Crippen molar-refractivity contribution in [3.05, 3.63) is 58.3 Å². The van der Waals surface area contributed by atoms with E-state index in [0.717, 1.165) is 29.9 Å². The molecule has 2 N–H and O–H groups in total. The van der Waals surface area contributed by atoms with Gasteiger partial charge in [0.2, 0.25) is 5.91 Å². The van der Waals surface area contributed by atoms with Crippen molar-refractivity contribution in [2.24, 2.45) is 5.73 Å². The topological polar surface area (TPSA) is 55.6 Å². The Morgan fingerprint density at radius 2 is 2.13 bits per heavy atom. The SMILES string of the molecule is NC(C(=O)N(Cc1cccs1)CC1CCCO1)c1ccccc1. The van der Waals surface area contributed by atoms with Gasteiger partial charge in [0.25, 0.3) is 0 Å². The minimum atomic E-state index is -0.627. The molecule has 2 aromatic rings. The van der Waals surface area contributed by atoms with Crippen LogP contribution in [0.2, 0.25) is 0 Å². The highest BCUT2D eigenvalue weighted by molar-refractivity contribution is 7.09. The van der Waals surface area contributed by atoms with Gasteiger partial charge in [0.05, 0.1) is 12.6 Å². The largest absolute Gasteiger partial charge is 0.376 e. The molecule has 4 nitrogen and oxygen atoms in total. The Morgan fingerprint density at radius 1 is 1.30 bits per heavy atom. The zero-order chi connectivity index (χ0) is 16.1. The van der Waals surface area contributed by atoms with Gasteiger partial charge >= 0.3 is 0 Å². The van der Waals surface area contributed by atoms with Gasteiger partial charge in [-0.05, 0) is 29.9 Å². The van der Waals surface area contributed by atoms with E-state index in [-0.39, 0.29) is 12.0 Å². The van der Waals surface area contributed by atoms with E-state index in [9.17, 15) is 4.79 Å². The van der Waals surface area contributed by atoms with E-state index in [4.69, 9.17) is 10.5 Å². The van der Waals surface area contributed by atoms with Gasteiger partial charge in [0.15, 0.2) is 0 Å². The molecule has 2 atom stereocenters. The number of rotatable bonds is 6. The molecular weight excluding hydrogens is 308 g/mol. The maximum absolute atomic E-state index is 12.9. The molecule has 1 saturated heterocycles. The number of hydrogen-bond acceptors (Lipinski definition) is 4. The molecule has 2 unspecified atom stereocenters. The molecule has 2 heterocycles. The van der Waals surface area contributed by atoms with Crippen LogP contribution in [0.4, 0.5) is 0 Å². The zero-order valence-electron chi connectivity index (χ0n) is 13.1. The van der Waals surface area contributed by atoms with Crippen molar-refractivity contribution in [1.82, 2.24) is 4.90 Å². The lowest BCUT2D eigenvalue weighted by Gasteiger charge is -2.27. The van der Waals surface area contributed by atoms with E-state index >= 15 is 0 Å². The number of carbonyl (C=O) groups excluding carboxylic acids is 1. The summed E-state index contributed by atoms with van der Waals surface area (Å²) in [4.78, 5) is 15.9. The highest BCUT2D eigenvalue weighted by atomic mass is 32.1. The van der Waals surface area contributed by atoms with Crippen LogP contribution in [0.15, 0.2) is 47.8 Å². The summed E-state index contributed by atoms with van der Waals surface area (Å²) in [5, 5.41) is 2.03. The third kappa shape index (κ3) is 4.19. The van der Waals surface area contributed by atoms with E-state index in [0.29, 0.717) is 13.1 Å². The van der Waals surface area contributed by atoms with Crippen LogP contribution in [-0.2, 0) is 16.1 Å². The molecule has 1 aliphatic heterocycles. The Labute approximate surface area is 140 Å². The van der Waals surface area contributed by atoms with E-state index in [1.807, 2.05) is 46.7 Å². The molecule has 0 radical (unpaired) electrons. The molecule has 3 rings (SSSR count). The van der Waals surface area contributed by atoms with Gasteiger partial charge < -0.3 is 15.4 Å². The number of nitrogens with two attached hydrogens (primary N) is 1. The van der Waals surface area contributed by atoms with Crippen LogP contribution in [0.25, 0.3) is 0 Å². The quantitative estimate of drug-likeness (QED) is 0.886. The summed E-state index contributed by atoms with van der Waals surface area (Å²) in [7, 11) is 0. The molecule has 1 aromatic heterocycles. The molecule has 0 bridgehead atoms. The molecule has 1 aromatic carbocycles. The summed E-state index contributed by atoms with van der Waals surface area (Å²) >= 11 is 1.66. The van der Waals surface area contributed by atoms with E-state index in [1.54, 1.807) is 11.3 Å². The summed E-state index contributed by atoms with van der Waals surface area (Å²) in [6, 6.07) is 13.0. The number of benzene rings is 1. The molecule has 5 heteroatoms. The van der Waals surface area contributed by atoms with Crippen LogP contribution < -0.4 is 5.73 Å². The predicted molar refractivity (Wildman–Crippen MR) is 92.1 cm³/mol. The Kier molecular flexibility index (Phi) is 5.43. The summed E-state index contributed by atoms with van der Waals surface area (Å²) < 4.78 is 5.71. The first-order valence-corrected chi connectivity index (χ1v) is 8.85. The smallest absolute Gasteiger partial charge is 0.244 e. The van der Waals surface area contributed by atoms with Gasteiger partial charge in [0, 0.05) is 18.0 Å². The molecule has 0 spiro atoms. The Hall–Kier alpha value is -1.69. The Bertz CT molecular complexity index is 609. The van der Waals surface area contributed by atoms with Gasteiger partial charge in [-0.2, -0.15) is 0 Å². The molecule has 1 aliphatic rings. The molecule has 0 aliphatic carbocycles. The summed E-state index contributed by atoms with van der Waals surface area (Å²) in [6.07, 6.45) is 2.20. The van der Waals surface area contributed by atoms with Crippen LogP contribution in [-0.4, -0.2) is 30.1 Å². The van der Waals surface area contributed by atoms with Crippen LogP contribution in [0.3, 0.4) is 0 Å². The van der Waals surface area contributed by atoms with Crippen LogP contribution >= 0.6 is 11.3 Å². The van der Waals surface area contributed by atoms with Crippen LogP contribution in [0, 0.1) is 0 Å². The molecule has 1 fully saturated rings. The van der Waals surface area contributed by atoms with Gasteiger partial charge in [-0.3, -0.25) is 4.79 Å². The first kappa shape index (κ1) is 16.2. The van der Waals surface area contributed by atoms with Crippen molar-refractivity contribution in [2.45, 2.75) is 31.5 Å². The summed E-state index contributed by atoms with van der Waals surface area (Å²) in [6.45, 7) is 1.99. The van der Waals surface area contributed by atoms with Gasteiger partial charge in [-0.25, -0.2) is 0 Å². The van der Waals surface area contributed by atoms with Crippen LogP contribution in [0.1, 0.15) is 29.3 Å². The number of ether oxygens (including phenoxy) is 1. The zero-order valence-corrected chi connectivity index (χ0v) is 13.9. The van der Waals surface area contributed by atoms with Crippen molar-refractivity contribution < 1.29 is 9.53 Å². The number of nitrogens with zero attached hydrogens (tertiary/aromatic N) is 1. The first-order valence-electron chi connectivity index (χ1n) is 7.97. The fourth-order valence-corrected chi connectivity index (χ4v) is 3.58. The maximum Gasteiger partial charge on any atom is 0.244 e. The van der Waals surface area contributed by atoms with Gasteiger partial charge in [-0.15, -0.1) is 11.3 Å². The van der Waals surface area contributed by atoms with Gasteiger partial charge in [0.1, 0.15) is 6.04 Å². The van der Waals surface area contributed by atoms with Crippen molar-refractivity contribution in [1.29, 1.82) is 0 Å². The van der Waals surface area contributed by atoms with Gasteiger partial charge in [-0.1, -0.05) is 36.4 Å². The lowest BCUT2D eigenvalue weighted by Crippen LogP contribution is -2.42. The average molecular weight is 330 g/mol. The van der Waals surface area contributed by atoms with Crippen molar-refractivity contribution in [3.8, 4) is 0 Å². The lowest BCUT2D eigenvalue weighted by atomic mass is 10.1. The number of carbonyl (C=O) groups is 1. The number of amides is 1. The second kappa shape index (κ2) is 7.73. The minimum absolute atomic E-state index is 0.0416.